The Morgan fingerprint density at radius 2 is 1.90 bits per heavy atom. The Morgan fingerprint density at radius 3 is 2.55 bits per heavy atom. The van der Waals surface area contributed by atoms with Crippen molar-refractivity contribution in [2.75, 3.05) is 0 Å². The zero-order valence-electron chi connectivity index (χ0n) is 12.0. The Hall–Kier alpha value is -2.08. The lowest BCUT2D eigenvalue weighted by Crippen LogP contribution is -2.17. The van der Waals surface area contributed by atoms with Crippen LogP contribution in [-0.4, -0.2) is 18.2 Å². The van der Waals surface area contributed by atoms with Crippen molar-refractivity contribution in [3.05, 3.63) is 34.9 Å². The zero-order valence-corrected chi connectivity index (χ0v) is 12.0. The summed E-state index contributed by atoms with van der Waals surface area (Å²) in [5, 5.41) is 4.13. The van der Waals surface area contributed by atoms with E-state index in [0.29, 0.717) is 12.0 Å². The predicted molar refractivity (Wildman–Crippen MR) is 69.7 cm³/mol. The molecule has 20 heavy (non-hydrogen) atoms. The summed E-state index contributed by atoms with van der Waals surface area (Å²) in [6, 6.07) is 5.30. The van der Waals surface area contributed by atoms with Crippen molar-refractivity contribution < 1.29 is 29.1 Å². The average molecular weight is 282 g/mol. The first-order valence-corrected chi connectivity index (χ1v) is 6.27. The lowest BCUT2D eigenvalue weighted by atomic mass is 10.1. The minimum atomic E-state index is -1.06. The van der Waals surface area contributed by atoms with E-state index in [-0.39, 0.29) is 6.10 Å². The molecule has 1 aromatic carbocycles. The second kappa shape index (κ2) is 7.49. The number of carbonyl (C=O) groups is 2. The van der Waals surface area contributed by atoms with Crippen LogP contribution in [0.2, 0.25) is 0 Å². The molecule has 0 aromatic heterocycles. The van der Waals surface area contributed by atoms with Crippen LogP contribution in [0.5, 0.6) is 0 Å². The molecule has 110 valence electrons. The molecule has 1 atom stereocenters. The Labute approximate surface area is 117 Å². The summed E-state index contributed by atoms with van der Waals surface area (Å²) in [5.41, 5.74) is 1.97. The maximum atomic E-state index is 11.7. The van der Waals surface area contributed by atoms with Gasteiger partial charge in [-0.15, -0.1) is 0 Å². The Morgan fingerprint density at radius 1 is 1.20 bits per heavy atom. The normalized spacial score (nSPS) is 11.6. The highest BCUT2D eigenvalue weighted by atomic mass is 17.5. The maximum Gasteiger partial charge on any atom is 0.543 e. The molecule has 0 N–H and O–H groups in total. The largest absolute Gasteiger partial charge is 0.543 e. The summed E-state index contributed by atoms with van der Waals surface area (Å²) in [4.78, 5) is 31.3. The molecule has 1 rings (SSSR count). The molecule has 0 aliphatic carbocycles. The second-order valence-corrected chi connectivity index (χ2v) is 4.43. The highest BCUT2D eigenvalue weighted by Gasteiger charge is 2.15. The first-order chi connectivity index (χ1) is 9.43. The zero-order chi connectivity index (χ0) is 15.1. The van der Waals surface area contributed by atoms with Crippen molar-refractivity contribution in [2.24, 2.45) is 0 Å². The van der Waals surface area contributed by atoms with Gasteiger partial charge >= 0.3 is 12.1 Å². The van der Waals surface area contributed by atoms with E-state index in [1.807, 2.05) is 19.9 Å². The van der Waals surface area contributed by atoms with Crippen LogP contribution >= 0.6 is 0 Å². The summed E-state index contributed by atoms with van der Waals surface area (Å²) in [5.74, 6) is -0.748. The third-order valence-electron chi connectivity index (χ3n) is 2.70. The summed E-state index contributed by atoms with van der Waals surface area (Å²) < 4.78 is 4.75. The molecular weight excluding hydrogens is 264 g/mol. The Balaban J connectivity index is 2.44. The van der Waals surface area contributed by atoms with E-state index in [9.17, 15) is 9.59 Å². The van der Waals surface area contributed by atoms with E-state index in [0.717, 1.165) is 11.1 Å². The van der Waals surface area contributed by atoms with Gasteiger partial charge in [-0.2, -0.15) is 0 Å². The van der Waals surface area contributed by atoms with Crippen LogP contribution < -0.4 is 0 Å². The van der Waals surface area contributed by atoms with Crippen molar-refractivity contribution in [3.8, 4) is 0 Å². The van der Waals surface area contributed by atoms with Crippen LogP contribution in [0.15, 0.2) is 18.2 Å². The number of carbonyl (C=O) groups excluding carboxylic acids is 2. The van der Waals surface area contributed by atoms with E-state index in [4.69, 9.17) is 4.74 Å². The molecule has 0 fully saturated rings. The molecule has 6 heteroatoms. The quantitative estimate of drug-likeness (QED) is 0.469. The van der Waals surface area contributed by atoms with Gasteiger partial charge in [0.1, 0.15) is 6.10 Å². The lowest BCUT2D eigenvalue weighted by Gasteiger charge is -2.09. The molecule has 0 heterocycles. The molecule has 1 aromatic rings. The number of aryl methyl sites for hydroxylation is 2. The smallest absolute Gasteiger partial charge is 0.429 e. The fourth-order valence-electron chi connectivity index (χ4n) is 1.34. The van der Waals surface area contributed by atoms with Crippen LogP contribution in [0.25, 0.3) is 0 Å². The van der Waals surface area contributed by atoms with E-state index in [1.165, 1.54) is 0 Å². The topological polar surface area (TPSA) is 71.1 Å². The average Bonchev–Trinajstić information content (AvgIpc) is 2.41. The maximum absolute atomic E-state index is 11.7. The SMILES string of the molecule is CCC(C)OC(=O)OOOC(=O)c1cc(C)ccc1C. The molecular formula is C14H18O6. The minimum Gasteiger partial charge on any atom is -0.429 e. The standard InChI is InChI=1S/C14H18O6/c1-5-11(4)17-14(16)19-20-18-13(15)12-8-9(2)6-7-10(12)3/h6-8,11H,5H2,1-4H3. The number of hydrogen-bond acceptors (Lipinski definition) is 6. The van der Waals surface area contributed by atoms with E-state index in [2.05, 4.69) is 14.8 Å². The van der Waals surface area contributed by atoms with Crippen LogP contribution in [0.3, 0.4) is 0 Å². The van der Waals surface area contributed by atoms with E-state index < -0.39 is 12.1 Å². The van der Waals surface area contributed by atoms with Gasteiger partial charge in [-0.25, -0.2) is 14.5 Å². The molecule has 0 bridgehead atoms. The van der Waals surface area contributed by atoms with Gasteiger partial charge < -0.3 is 4.74 Å². The molecule has 0 amide bonds. The lowest BCUT2D eigenvalue weighted by molar-refractivity contribution is -0.452. The van der Waals surface area contributed by atoms with Crippen LogP contribution in [-0.2, 0) is 19.6 Å². The molecule has 6 nitrogen and oxygen atoms in total. The summed E-state index contributed by atoms with van der Waals surface area (Å²) in [7, 11) is 0. The number of hydrogen-bond donors (Lipinski definition) is 0. The van der Waals surface area contributed by atoms with Crippen LogP contribution in [0, 0.1) is 13.8 Å². The molecule has 0 radical (unpaired) electrons. The van der Waals surface area contributed by atoms with Gasteiger partial charge in [-0.1, -0.05) is 24.6 Å². The molecule has 0 saturated carbocycles. The summed E-state index contributed by atoms with van der Waals surface area (Å²) in [6.07, 6.45) is -0.730. The Kier molecular flexibility index (Phi) is 5.99. The third kappa shape index (κ3) is 4.89. The van der Waals surface area contributed by atoms with Crippen LogP contribution in [0.1, 0.15) is 41.8 Å². The minimum absolute atomic E-state index is 0.305. The first kappa shape index (κ1) is 16.0. The summed E-state index contributed by atoms with van der Waals surface area (Å²) in [6.45, 7) is 7.15. The molecule has 0 aliphatic heterocycles. The highest BCUT2D eigenvalue weighted by Crippen LogP contribution is 2.12. The Bertz CT molecular complexity index is 483. The van der Waals surface area contributed by atoms with Gasteiger partial charge in [0.2, 0.25) is 0 Å². The molecule has 0 saturated heterocycles. The van der Waals surface area contributed by atoms with Crippen molar-refractivity contribution in [1.82, 2.24) is 0 Å². The van der Waals surface area contributed by atoms with Crippen LogP contribution in [0.4, 0.5) is 4.79 Å². The van der Waals surface area contributed by atoms with Gasteiger partial charge in [0.05, 0.1) is 10.6 Å². The van der Waals surface area contributed by atoms with Gasteiger partial charge in [0, 0.05) is 0 Å². The van der Waals surface area contributed by atoms with Gasteiger partial charge in [0.15, 0.2) is 0 Å². The van der Waals surface area contributed by atoms with Gasteiger partial charge in [0.25, 0.3) is 0 Å². The molecule has 0 aliphatic rings. The third-order valence-corrected chi connectivity index (χ3v) is 2.70. The van der Waals surface area contributed by atoms with Crippen molar-refractivity contribution in [3.63, 3.8) is 0 Å². The fraction of sp³-hybridized carbons (Fsp3) is 0.429. The molecule has 1 unspecified atom stereocenters. The second-order valence-electron chi connectivity index (χ2n) is 4.43. The van der Waals surface area contributed by atoms with Crippen molar-refractivity contribution in [2.45, 2.75) is 40.2 Å². The first-order valence-electron chi connectivity index (χ1n) is 6.27. The summed E-state index contributed by atoms with van der Waals surface area (Å²) >= 11 is 0. The number of rotatable bonds is 5. The predicted octanol–water partition coefficient (Wildman–Crippen LogP) is 3.26. The monoisotopic (exact) mass is 282 g/mol. The molecule has 0 spiro atoms. The van der Waals surface area contributed by atoms with Gasteiger partial charge in [-0.3, -0.25) is 4.89 Å². The number of ether oxygens (including phenoxy) is 1. The van der Waals surface area contributed by atoms with Crippen molar-refractivity contribution >= 4 is 12.1 Å². The highest BCUT2D eigenvalue weighted by molar-refractivity contribution is 5.90. The van der Waals surface area contributed by atoms with Gasteiger partial charge in [-0.05, 0) is 38.8 Å². The van der Waals surface area contributed by atoms with E-state index >= 15 is 0 Å². The van der Waals surface area contributed by atoms with E-state index in [1.54, 1.807) is 26.0 Å². The van der Waals surface area contributed by atoms with Crippen molar-refractivity contribution in [1.29, 1.82) is 0 Å². The fourth-order valence-corrected chi connectivity index (χ4v) is 1.34. The number of benzene rings is 1.